The van der Waals surface area contributed by atoms with E-state index in [-0.39, 0.29) is 23.3 Å². The summed E-state index contributed by atoms with van der Waals surface area (Å²) < 4.78 is 20.5. The van der Waals surface area contributed by atoms with Gasteiger partial charge < -0.3 is 14.6 Å². The molecule has 9 heteroatoms. The number of anilines is 2. The van der Waals surface area contributed by atoms with Crippen molar-refractivity contribution in [2.45, 2.75) is 24.9 Å². The highest BCUT2D eigenvalue weighted by Crippen LogP contribution is 2.43. The average molecular weight is 418 g/mol. The van der Waals surface area contributed by atoms with Gasteiger partial charge in [0.15, 0.2) is 17.7 Å². The first-order valence-corrected chi connectivity index (χ1v) is 10.2. The fourth-order valence-electron chi connectivity index (χ4n) is 5.02. The second kappa shape index (κ2) is 6.90. The third kappa shape index (κ3) is 2.88. The standard InChI is InChI=1S/C22H19FN6O2/c23-15-5-6-18(14(12-30)21(15)29-24-7-8-25-29)28-11-13-9-17(19(28)10-13)27-22-26-16-3-1-2-4-20(16)31-22/h1-8,12-13,17,19H,9-11H2,(H,26,27)/t13-,17+,19-/m0/s1. The first-order valence-electron chi connectivity index (χ1n) is 10.2. The van der Waals surface area contributed by atoms with Gasteiger partial charge in [-0.2, -0.15) is 15.2 Å². The van der Waals surface area contributed by atoms with E-state index >= 15 is 0 Å². The largest absolute Gasteiger partial charge is 0.424 e. The summed E-state index contributed by atoms with van der Waals surface area (Å²) in [7, 11) is 0. The molecule has 2 fully saturated rings. The van der Waals surface area contributed by atoms with Crippen LogP contribution >= 0.6 is 0 Å². The van der Waals surface area contributed by atoms with Gasteiger partial charge in [0.25, 0.3) is 6.01 Å². The third-order valence-corrected chi connectivity index (χ3v) is 6.28. The molecule has 0 unspecified atom stereocenters. The fraction of sp³-hybridized carbons (Fsp3) is 0.273. The molecule has 2 bridgehead atoms. The fourth-order valence-corrected chi connectivity index (χ4v) is 5.02. The molecule has 2 aliphatic rings. The van der Waals surface area contributed by atoms with Crippen LogP contribution in [0, 0.1) is 11.7 Å². The first-order chi connectivity index (χ1) is 15.2. The number of oxazole rings is 1. The number of para-hydroxylation sites is 2. The molecule has 3 heterocycles. The predicted octanol–water partition coefficient (Wildman–Crippen LogP) is 3.44. The lowest BCUT2D eigenvalue weighted by molar-refractivity contribution is 0.112. The number of fused-ring (bicyclic) bond motifs is 3. The van der Waals surface area contributed by atoms with Gasteiger partial charge >= 0.3 is 0 Å². The van der Waals surface area contributed by atoms with Crippen molar-refractivity contribution in [3.05, 3.63) is 60.2 Å². The Morgan fingerprint density at radius 3 is 2.74 bits per heavy atom. The Bertz CT molecular complexity index is 1240. The molecule has 3 atom stereocenters. The molecule has 1 aliphatic carbocycles. The van der Waals surface area contributed by atoms with E-state index in [1.807, 2.05) is 24.3 Å². The highest BCUT2D eigenvalue weighted by molar-refractivity contribution is 5.90. The molecule has 156 valence electrons. The van der Waals surface area contributed by atoms with Gasteiger partial charge in [0.2, 0.25) is 0 Å². The molecular weight excluding hydrogens is 399 g/mol. The minimum absolute atomic E-state index is 0.0729. The lowest BCUT2D eigenvalue weighted by Gasteiger charge is -2.36. The topological polar surface area (TPSA) is 89.1 Å². The number of aromatic nitrogens is 4. The third-order valence-electron chi connectivity index (χ3n) is 6.28. The van der Waals surface area contributed by atoms with Gasteiger partial charge in [0, 0.05) is 12.6 Å². The number of nitrogens with zero attached hydrogens (tertiary/aromatic N) is 5. The van der Waals surface area contributed by atoms with Crippen LogP contribution in [0.3, 0.4) is 0 Å². The monoisotopic (exact) mass is 418 g/mol. The number of nitrogens with one attached hydrogen (secondary N) is 1. The SMILES string of the molecule is O=Cc1c(N2C[C@H]3C[C@@H](Nc4nc5ccccc5o4)[C@@H]2C3)ccc(F)c1-n1nccn1. The molecule has 31 heavy (non-hydrogen) atoms. The molecule has 2 aromatic heterocycles. The molecule has 6 rings (SSSR count). The number of hydrogen-bond donors (Lipinski definition) is 1. The second-order valence-corrected chi connectivity index (χ2v) is 8.06. The number of hydrogen-bond acceptors (Lipinski definition) is 7. The number of aldehydes is 1. The quantitative estimate of drug-likeness (QED) is 0.497. The van der Waals surface area contributed by atoms with Crippen LogP contribution in [0.25, 0.3) is 16.8 Å². The molecule has 0 radical (unpaired) electrons. The van der Waals surface area contributed by atoms with E-state index in [9.17, 15) is 9.18 Å². The van der Waals surface area contributed by atoms with Crippen LogP contribution in [0.15, 0.2) is 53.2 Å². The highest BCUT2D eigenvalue weighted by Gasteiger charge is 2.46. The number of rotatable bonds is 5. The van der Waals surface area contributed by atoms with Crippen LogP contribution in [0.1, 0.15) is 23.2 Å². The lowest BCUT2D eigenvalue weighted by atomic mass is 10.0. The maximum absolute atomic E-state index is 14.6. The van der Waals surface area contributed by atoms with E-state index < -0.39 is 5.82 Å². The van der Waals surface area contributed by atoms with Gasteiger partial charge in [-0.3, -0.25) is 4.79 Å². The molecule has 1 saturated heterocycles. The van der Waals surface area contributed by atoms with Crippen LogP contribution in [0.2, 0.25) is 0 Å². The zero-order valence-electron chi connectivity index (χ0n) is 16.5. The first kappa shape index (κ1) is 18.1. The van der Waals surface area contributed by atoms with E-state index in [1.54, 1.807) is 6.07 Å². The van der Waals surface area contributed by atoms with Gasteiger partial charge in [0.1, 0.15) is 11.2 Å². The van der Waals surface area contributed by atoms with Crippen molar-refractivity contribution < 1.29 is 13.6 Å². The van der Waals surface area contributed by atoms with Crippen LogP contribution in [0.5, 0.6) is 0 Å². The van der Waals surface area contributed by atoms with E-state index in [4.69, 9.17) is 4.42 Å². The number of benzene rings is 2. The van der Waals surface area contributed by atoms with Crippen LogP contribution in [-0.2, 0) is 0 Å². The Morgan fingerprint density at radius 2 is 1.97 bits per heavy atom. The number of carbonyl (C=O) groups excluding carboxylic acids is 1. The second-order valence-electron chi connectivity index (χ2n) is 8.06. The minimum Gasteiger partial charge on any atom is -0.424 e. The van der Waals surface area contributed by atoms with Crippen molar-refractivity contribution in [2.75, 3.05) is 16.8 Å². The summed E-state index contributed by atoms with van der Waals surface area (Å²) in [5.74, 6) is -0.0599. The van der Waals surface area contributed by atoms with Gasteiger partial charge in [-0.25, -0.2) is 4.39 Å². The Balaban J connectivity index is 1.33. The normalized spacial score (nSPS) is 22.4. The molecule has 1 saturated carbocycles. The van der Waals surface area contributed by atoms with E-state index in [1.165, 1.54) is 18.5 Å². The van der Waals surface area contributed by atoms with Gasteiger partial charge in [-0.15, -0.1) is 4.80 Å². The maximum atomic E-state index is 14.6. The van der Waals surface area contributed by atoms with Gasteiger partial charge in [0.05, 0.1) is 29.7 Å². The molecule has 2 aromatic carbocycles. The smallest absolute Gasteiger partial charge is 0.295 e. The highest BCUT2D eigenvalue weighted by atomic mass is 19.1. The number of halogens is 1. The molecule has 0 amide bonds. The van der Waals surface area contributed by atoms with E-state index in [2.05, 4.69) is 25.4 Å². The molecule has 8 nitrogen and oxygen atoms in total. The van der Waals surface area contributed by atoms with E-state index in [0.29, 0.717) is 23.9 Å². The Morgan fingerprint density at radius 1 is 1.13 bits per heavy atom. The van der Waals surface area contributed by atoms with Crippen LogP contribution < -0.4 is 10.2 Å². The molecule has 4 aromatic rings. The maximum Gasteiger partial charge on any atom is 0.295 e. The van der Waals surface area contributed by atoms with Crippen molar-refractivity contribution in [2.24, 2.45) is 5.92 Å². The summed E-state index contributed by atoms with van der Waals surface area (Å²) in [6, 6.07) is 11.4. The summed E-state index contributed by atoms with van der Waals surface area (Å²) in [6.45, 7) is 0.814. The Labute approximate surface area is 176 Å². The van der Waals surface area contributed by atoms with E-state index in [0.717, 1.165) is 35.3 Å². The summed E-state index contributed by atoms with van der Waals surface area (Å²) in [5.41, 5.74) is 2.57. The molecule has 1 N–H and O–H groups in total. The zero-order chi connectivity index (χ0) is 20.9. The van der Waals surface area contributed by atoms with Crippen LogP contribution in [-0.4, -0.2) is 44.9 Å². The predicted molar refractivity (Wildman–Crippen MR) is 112 cm³/mol. The summed E-state index contributed by atoms with van der Waals surface area (Å²) in [5, 5.41) is 11.5. The summed E-state index contributed by atoms with van der Waals surface area (Å²) >= 11 is 0. The van der Waals surface area contributed by atoms with Gasteiger partial charge in [-0.1, -0.05) is 12.1 Å². The molecule has 0 spiro atoms. The van der Waals surface area contributed by atoms with Crippen LogP contribution in [0.4, 0.5) is 16.1 Å². The van der Waals surface area contributed by atoms with Crippen molar-refractivity contribution in [1.29, 1.82) is 0 Å². The molecule has 1 aliphatic heterocycles. The zero-order valence-corrected chi connectivity index (χ0v) is 16.5. The number of carbonyl (C=O) groups is 1. The number of piperidine rings is 1. The van der Waals surface area contributed by atoms with Crippen molar-refractivity contribution in [3.8, 4) is 5.69 Å². The van der Waals surface area contributed by atoms with Crippen molar-refractivity contribution in [3.63, 3.8) is 0 Å². The average Bonchev–Trinajstić information content (AvgIpc) is 3.56. The Hall–Kier alpha value is -3.75. The minimum atomic E-state index is -0.535. The Kier molecular flexibility index (Phi) is 4.02. The van der Waals surface area contributed by atoms with Crippen molar-refractivity contribution in [1.82, 2.24) is 20.0 Å². The summed E-state index contributed by atoms with van der Waals surface area (Å²) in [4.78, 5) is 19.9. The van der Waals surface area contributed by atoms with Gasteiger partial charge in [-0.05, 0) is 43.0 Å². The van der Waals surface area contributed by atoms with Crippen molar-refractivity contribution >= 4 is 29.1 Å². The molecular formula is C22H19FN6O2. The summed E-state index contributed by atoms with van der Waals surface area (Å²) in [6.07, 6.45) is 5.58. The lowest BCUT2D eigenvalue weighted by Crippen LogP contribution is -2.45.